The third-order valence-corrected chi connectivity index (χ3v) is 4.46. The van der Waals surface area contributed by atoms with Crippen LogP contribution < -0.4 is 4.74 Å². The Morgan fingerprint density at radius 1 is 1.05 bits per heavy atom. The van der Waals surface area contributed by atoms with E-state index >= 15 is 0 Å². The summed E-state index contributed by atoms with van der Waals surface area (Å²) in [5.41, 5.74) is 2.54. The molecule has 0 radical (unpaired) electrons. The van der Waals surface area contributed by atoms with Crippen molar-refractivity contribution in [3.05, 3.63) is 65.7 Å². The third-order valence-electron chi connectivity index (χ3n) is 4.46. The standard InChI is InChI=1S/C19H23NO2/c1-22-17-9-7-15(8-10-17)13-18-19(21)11-12-20(18)14-16-5-3-2-4-6-16/h2-10,18-19,21H,11-14H2,1H3/t18-,19+/m1/s1. The van der Waals surface area contributed by atoms with Gasteiger partial charge in [0.2, 0.25) is 0 Å². The molecule has 0 saturated carbocycles. The van der Waals surface area contributed by atoms with E-state index < -0.39 is 0 Å². The average molecular weight is 297 g/mol. The van der Waals surface area contributed by atoms with E-state index in [4.69, 9.17) is 4.74 Å². The molecule has 1 fully saturated rings. The van der Waals surface area contributed by atoms with Crippen LogP contribution in [0.3, 0.4) is 0 Å². The summed E-state index contributed by atoms with van der Waals surface area (Å²) < 4.78 is 5.20. The van der Waals surface area contributed by atoms with Crippen molar-refractivity contribution in [1.82, 2.24) is 4.90 Å². The van der Waals surface area contributed by atoms with Crippen molar-refractivity contribution < 1.29 is 9.84 Å². The van der Waals surface area contributed by atoms with Gasteiger partial charge in [0.25, 0.3) is 0 Å². The lowest BCUT2D eigenvalue weighted by molar-refractivity contribution is 0.112. The SMILES string of the molecule is COc1ccc(C[C@@H]2[C@@H](O)CCN2Cc2ccccc2)cc1. The minimum absolute atomic E-state index is 0.189. The van der Waals surface area contributed by atoms with Crippen LogP contribution in [0.15, 0.2) is 54.6 Å². The Labute approximate surface area is 132 Å². The fraction of sp³-hybridized carbons (Fsp3) is 0.368. The first-order valence-electron chi connectivity index (χ1n) is 7.85. The molecule has 3 heteroatoms. The number of methoxy groups -OCH3 is 1. The molecule has 0 unspecified atom stereocenters. The van der Waals surface area contributed by atoms with Crippen LogP contribution in [-0.4, -0.2) is 35.8 Å². The van der Waals surface area contributed by atoms with E-state index in [1.54, 1.807) is 7.11 Å². The van der Waals surface area contributed by atoms with Gasteiger partial charge < -0.3 is 9.84 Å². The number of ether oxygens (including phenoxy) is 1. The highest BCUT2D eigenvalue weighted by atomic mass is 16.5. The van der Waals surface area contributed by atoms with Crippen LogP contribution in [0.1, 0.15) is 17.5 Å². The van der Waals surface area contributed by atoms with Crippen LogP contribution in [0.4, 0.5) is 0 Å². The van der Waals surface area contributed by atoms with Crippen molar-refractivity contribution in [1.29, 1.82) is 0 Å². The molecule has 3 rings (SSSR count). The van der Waals surface area contributed by atoms with Crippen LogP contribution in [0.25, 0.3) is 0 Å². The van der Waals surface area contributed by atoms with E-state index in [1.807, 2.05) is 18.2 Å². The van der Waals surface area contributed by atoms with Crippen molar-refractivity contribution in [3.8, 4) is 5.75 Å². The van der Waals surface area contributed by atoms with Crippen LogP contribution in [0, 0.1) is 0 Å². The van der Waals surface area contributed by atoms with Crippen molar-refractivity contribution in [2.75, 3.05) is 13.7 Å². The molecule has 3 nitrogen and oxygen atoms in total. The first-order valence-corrected chi connectivity index (χ1v) is 7.85. The van der Waals surface area contributed by atoms with Gasteiger partial charge in [-0.15, -0.1) is 0 Å². The number of likely N-dealkylation sites (tertiary alicyclic amines) is 1. The summed E-state index contributed by atoms with van der Waals surface area (Å²) in [6, 6.07) is 18.8. The fourth-order valence-electron chi connectivity index (χ4n) is 3.18. The second-order valence-corrected chi connectivity index (χ2v) is 5.93. The lowest BCUT2D eigenvalue weighted by atomic mass is 10.0. The summed E-state index contributed by atoms with van der Waals surface area (Å²) in [7, 11) is 1.68. The summed E-state index contributed by atoms with van der Waals surface area (Å²) in [4.78, 5) is 2.39. The molecule has 1 saturated heterocycles. The molecule has 0 aliphatic carbocycles. The van der Waals surface area contributed by atoms with Gasteiger partial charge in [-0.2, -0.15) is 0 Å². The van der Waals surface area contributed by atoms with Crippen molar-refractivity contribution >= 4 is 0 Å². The monoisotopic (exact) mass is 297 g/mol. The highest BCUT2D eigenvalue weighted by Crippen LogP contribution is 2.24. The number of hydrogen-bond donors (Lipinski definition) is 1. The van der Waals surface area contributed by atoms with E-state index in [2.05, 4.69) is 41.3 Å². The second kappa shape index (κ2) is 6.95. The molecule has 2 aromatic rings. The summed E-state index contributed by atoms with van der Waals surface area (Å²) in [5, 5.41) is 10.3. The number of nitrogens with zero attached hydrogens (tertiary/aromatic N) is 1. The largest absolute Gasteiger partial charge is 0.497 e. The maximum Gasteiger partial charge on any atom is 0.118 e. The molecule has 0 bridgehead atoms. The Kier molecular flexibility index (Phi) is 4.76. The molecule has 22 heavy (non-hydrogen) atoms. The first-order chi connectivity index (χ1) is 10.8. The highest BCUT2D eigenvalue weighted by molar-refractivity contribution is 5.28. The lowest BCUT2D eigenvalue weighted by Crippen LogP contribution is -2.36. The Bertz CT molecular complexity index is 582. The molecular weight excluding hydrogens is 274 g/mol. The van der Waals surface area contributed by atoms with E-state index in [1.165, 1.54) is 11.1 Å². The zero-order valence-corrected chi connectivity index (χ0v) is 13.0. The van der Waals surface area contributed by atoms with Gasteiger partial charge in [0.15, 0.2) is 0 Å². The smallest absolute Gasteiger partial charge is 0.118 e. The predicted octanol–water partition coefficient (Wildman–Crippen LogP) is 2.87. The van der Waals surface area contributed by atoms with Gasteiger partial charge in [-0.1, -0.05) is 42.5 Å². The van der Waals surface area contributed by atoms with Crippen molar-refractivity contribution in [3.63, 3.8) is 0 Å². The second-order valence-electron chi connectivity index (χ2n) is 5.93. The minimum Gasteiger partial charge on any atom is -0.497 e. The number of rotatable bonds is 5. The molecule has 0 aromatic heterocycles. The molecule has 1 heterocycles. The summed E-state index contributed by atoms with van der Waals surface area (Å²) in [6.45, 7) is 1.86. The molecule has 2 aromatic carbocycles. The van der Waals surface area contributed by atoms with Gasteiger partial charge in [0.1, 0.15) is 5.75 Å². The van der Waals surface area contributed by atoms with Crippen LogP contribution >= 0.6 is 0 Å². The van der Waals surface area contributed by atoms with Gasteiger partial charge >= 0.3 is 0 Å². The van der Waals surface area contributed by atoms with Crippen LogP contribution in [0.2, 0.25) is 0 Å². The highest BCUT2D eigenvalue weighted by Gasteiger charge is 2.32. The number of aliphatic hydroxyl groups is 1. The summed E-state index contributed by atoms with van der Waals surface area (Å²) >= 11 is 0. The fourth-order valence-corrected chi connectivity index (χ4v) is 3.18. The van der Waals surface area contributed by atoms with Crippen molar-refractivity contribution in [2.45, 2.75) is 31.5 Å². The molecule has 1 N–H and O–H groups in total. The van der Waals surface area contributed by atoms with E-state index in [0.29, 0.717) is 0 Å². The van der Waals surface area contributed by atoms with E-state index in [-0.39, 0.29) is 12.1 Å². The maximum atomic E-state index is 10.3. The third kappa shape index (κ3) is 3.49. The Balaban J connectivity index is 1.69. The first kappa shape index (κ1) is 15.1. The average Bonchev–Trinajstić information content (AvgIpc) is 2.90. The molecule has 2 atom stereocenters. The summed E-state index contributed by atoms with van der Waals surface area (Å²) in [5.74, 6) is 0.872. The Morgan fingerprint density at radius 2 is 1.77 bits per heavy atom. The molecular formula is C19H23NO2. The summed E-state index contributed by atoms with van der Waals surface area (Å²) in [6.07, 6.45) is 1.48. The van der Waals surface area contributed by atoms with Gasteiger partial charge in [-0.05, 0) is 36.1 Å². The molecule has 116 valence electrons. The zero-order valence-electron chi connectivity index (χ0n) is 13.0. The van der Waals surface area contributed by atoms with Gasteiger partial charge in [0, 0.05) is 19.1 Å². The topological polar surface area (TPSA) is 32.7 Å². The number of aliphatic hydroxyl groups excluding tert-OH is 1. The minimum atomic E-state index is -0.245. The van der Waals surface area contributed by atoms with Crippen molar-refractivity contribution in [2.24, 2.45) is 0 Å². The maximum absolute atomic E-state index is 10.3. The quantitative estimate of drug-likeness (QED) is 0.921. The normalized spacial score (nSPS) is 21.9. The van der Waals surface area contributed by atoms with Gasteiger partial charge in [-0.25, -0.2) is 0 Å². The molecule has 0 spiro atoms. The Morgan fingerprint density at radius 3 is 2.45 bits per heavy atom. The van der Waals surface area contributed by atoms with Gasteiger partial charge in [0.05, 0.1) is 13.2 Å². The number of hydrogen-bond acceptors (Lipinski definition) is 3. The lowest BCUT2D eigenvalue weighted by Gasteiger charge is -2.26. The molecule has 0 amide bonds. The van der Waals surface area contributed by atoms with E-state index in [0.717, 1.165) is 31.7 Å². The van der Waals surface area contributed by atoms with Crippen LogP contribution in [-0.2, 0) is 13.0 Å². The van der Waals surface area contributed by atoms with Gasteiger partial charge in [-0.3, -0.25) is 4.90 Å². The molecule has 1 aliphatic rings. The Hall–Kier alpha value is -1.84. The zero-order chi connectivity index (χ0) is 15.4. The van der Waals surface area contributed by atoms with E-state index in [9.17, 15) is 5.11 Å². The predicted molar refractivity (Wildman–Crippen MR) is 88.0 cm³/mol. The van der Waals surface area contributed by atoms with Crippen LogP contribution in [0.5, 0.6) is 5.75 Å². The number of benzene rings is 2. The molecule has 1 aliphatic heterocycles.